The maximum Gasteiger partial charge on any atom is 0.233 e. The monoisotopic (exact) mass is 354 g/mol. The summed E-state index contributed by atoms with van der Waals surface area (Å²) in [6, 6.07) is 14.4. The van der Waals surface area contributed by atoms with E-state index in [1.807, 2.05) is 23.1 Å². The fourth-order valence-corrected chi connectivity index (χ4v) is 3.80. The number of carbonyl (C=O) groups is 1. The van der Waals surface area contributed by atoms with Crippen molar-refractivity contribution in [2.45, 2.75) is 18.3 Å². The molecule has 5 heteroatoms. The Morgan fingerprint density at radius 1 is 1.04 bits per heavy atom. The summed E-state index contributed by atoms with van der Waals surface area (Å²) >= 11 is 0. The first kappa shape index (κ1) is 16.9. The third-order valence-electron chi connectivity index (χ3n) is 5.54. The van der Waals surface area contributed by atoms with Gasteiger partial charge in [-0.2, -0.15) is 0 Å². The lowest BCUT2D eigenvalue weighted by molar-refractivity contribution is -0.134. The third-order valence-corrected chi connectivity index (χ3v) is 5.54. The lowest BCUT2D eigenvalue weighted by Gasteiger charge is -2.38. The fourth-order valence-electron chi connectivity index (χ4n) is 3.80. The Morgan fingerprint density at radius 2 is 1.73 bits per heavy atom. The van der Waals surface area contributed by atoms with Gasteiger partial charge in [0.05, 0.1) is 12.5 Å². The van der Waals surface area contributed by atoms with Crippen LogP contribution in [0.2, 0.25) is 0 Å². The predicted molar refractivity (Wildman–Crippen MR) is 99.1 cm³/mol. The second-order valence-corrected chi connectivity index (χ2v) is 7.07. The maximum absolute atomic E-state index is 13.2. The van der Waals surface area contributed by atoms with Crippen LogP contribution < -0.4 is 9.64 Å². The van der Waals surface area contributed by atoms with Gasteiger partial charge in [0, 0.05) is 37.9 Å². The van der Waals surface area contributed by atoms with Crippen molar-refractivity contribution in [1.82, 2.24) is 4.90 Å². The van der Waals surface area contributed by atoms with E-state index in [0.717, 1.165) is 42.9 Å². The number of ether oxygens (including phenoxy) is 1. The van der Waals surface area contributed by atoms with E-state index in [4.69, 9.17) is 4.74 Å². The standard InChI is InChI=1S/C21H23FN2O2/c1-26-19-4-2-3-18(15-19)23-11-13-24(14-12-23)20(25)21(9-10-21)16-5-7-17(22)8-6-16/h2-8,15H,9-14H2,1H3. The molecule has 1 amide bonds. The molecule has 1 heterocycles. The van der Waals surface area contributed by atoms with Crippen LogP contribution in [0.1, 0.15) is 18.4 Å². The first-order chi connectivity index (χ1) is 12.6. The molecule has 1 aliphatic heterocycles. The number of hydrogen-bond acceptors (Lipinski definition) is 3. The molecule has 2 aliphatic rings. The lowest BCUT2D eigenvalue weighted by Crippen LogP contribution is -2.51. The summed E-state index contributed by atoms with van der Waals surface area (Å²) in [5, 5.41) is 0. The molecule has 0 atom stereocenters. The van der Waals surface area contributed by atoms with Crippen LogP contribution in [0.25, 0.3) is 0 Å². The van der Waals surface area contributed by atoms with Crippen LogP contribution >= 0.6 is 0 Å². The Hall–Kier alpha value is -2.56. The summed E-state index contributed by atoms with van der Waals surface area (Å²) in [4.78, 5) is 17.4. The minimum Gasteiger partial charge on any atom is -0.497 e. The molecule has 2 aromatic carbocycles. The van der Waals surface area contributed by atoms with Crippen LogP contribution in [-0.2, 0) is 10.2 Å². The molecular weight excluding hydrogens is 331 g/mol. The Morgan fingerprint density at radius 3 is 2.35 bits per heavy atom. The number of nitrogens with zero attached hydrogens (tertiary/aromatic N) is 2. The van der Waals surface area contributed by atoms with Gasteiger partial charge in [-0.25, -0.2) is 4.39 Å². The number of hydrogen-bond donors (Lipinski definition) is 0. The highest BCUT2D eigenvalue weighted by Crippen LogP contribution is 2.49. The molecule has 2 aromatic rings. The molecule has 2 fully saturated rings. The number of carbonyl (C=O) groups excluding carboxylic acids is 1. The average Bonchev–Trinajstić information content (AvgIpc) is 3.50. The highest BCUT2D eigenvalue weighted by atomic mass is 19.1. The van der Waals surface area contributed by atoms with Gasteiger partial charge in [0.15, 0.2) is 0 Å². The third kappa shape index (κ3) is 3.02. The molecule has 4 nitrogen and oxygen atoms in total. The van der Waals surface area contributed by atoms with E-state index < -0.39 is 5.41 Å². The van der Waals surface area contributed by atoms with Gasteiger partial charge in [0.2, 0.25) is 5.91 Å². The molecule has 0 N–H and O–H groups in total. The number of amides is 1. The summed E-state index contributed by atoms with van der Waals surface area (Å²) in [7, 11) is 1.67. The summed E-state index contributed by atoms with van der Waals surface area (Å²) in [6.07, 6.45) is 1.71. The summed E-state index contributed by atoms with van der Waals surface area (Å²) in [5.41, 5.74) is 1.64. The Bertz CT molecular complexity index is 794. The van der Waals surface area contributed by atoms with E-state index in [9.17, 15) is 9.18 Å². The van der Waals surface area contributed by atoms with Crippen LogP contribution in [0.5, 0.6) is 5.75 Å². The quantitative estimate of drug-likeness (QED) is 0.845. The van der Waals surface area contributed by atoms with Crippen LogP contribution in [0, 0.1) is 5.82 Å². The van der Waals surface area contributed by atoms with Gasteiger partial charge >= 0.3 is 0 Å². The molecule has 136 valence electrons. The second-order valence-electron chi connectivity index (χ2n) is 7.07. The van der Waals surface area contributed by atoms with E-state index in [1.165, 1.54) is 12.1 Å². The van der Waals surface area contributed by atoms with Crippen molar-refractivity contribution in [3.63, 3.8) is 0 Å². The maximum atomic E-state index is 13.2. The van der Waals surface area contributed by atoms with Crippen LogP contribution in [0.15, 0.2) is 48.5 Å². The normalized spacial score (nSPS) is 18.5. The number of benzene rings is 2. The van der Waals surface area contributed by atoms with Gasteiger partial charge in [-0.1, -0.05) is 18.2 Å². The molecule has 26 heavy (non-hydrogen) atoms. The zero-order chi connectivity index (χ0) is 18.1. The first-order valence-corrected chi connectivity index (χ1v) is 9.07. The molecule has 1 saturated heterocycles. The van der Waals surface area contributed by atoms with Crippen LogP contribution in [0.4, 0.5) is 10.1 Å². The number of methoxy groups -OCH3 is 1. The summed E-state index contributed by atoms with van der Waals surface area (Å²) in [6.45, 7) is 3.02. The summed E-state index contributed by atoms with van der Waals surface area (Å²) in [5.74, 6) is 0.771. The van der Waals surface area contributed by atoms with Crippen LogP contribution in [0.3, 0.4) is 0 Å². The highest BCUT2D eigenvalue weighted by molar-refractivity contribution is 5.91. The number of halogens is 1. The topological polar surface area (TPSA) is 32.8 Å². The van der Waals surface area contributed by atoms with Crippen molar-refractivity contribution in [3.8, 4) is 5.75 Å². The van der Waals surface area contributed by atoms with Gasteiger partial charge in [-0.15, -0.1) is 0 Å². The smallest absolute Gasteiger partial charge is 0.233 e. The molecular formula is C21H23FN2O2. The molecule has 0 radical (unpaired) electrons. The Balaban J connectivity index is 1.43. The van der Waals surface area contributed by atoms with Gasteiger partial charge in [0.25, 0.3) is 0 Å². The average molecular weight is 354 g/mol. The summed E-state index contributed by atoms with van der Waals surface area (Å²) < 4.78 is 18.5. The molecule has 0 bridgehead atoms. The SMILES string of the molecule is COc1cccc(N2CCN(C(=O)C3(c4ccc(F)cc4)CC3)CC2)c1. The molecule has 1 aliphatic carbocycles. The Labute approximate surface area is 153 Å². The van der Waals surface area contributed by atoms with Crippen molar-refractivity contribution in [3.05, 3.63) is 59.9 Å². The van der Waals surface area contributed by atoms with Crippen molar-refractivity contribution in [1.29, 1.82) is 0 Å². The molecule has 0 aromatic heterocycles. The zero-order valence-corrected chi connectivity index (χ0v) is 15.0. The lowest BCUT2D eigenvalue weighted by atomic mass is 9.94. The van der Waals surface area contributed by atoms with E-state index in [1.54, 1.807) is 19.2 Å². The number of rotatable bonds is 4. The highest BCUT2D eigenvalue weighted by Gasteiger charge is 2.53. The van der Waals surface area contributed by atoms with Gasteiger partial charge < -0.3 is 14.5 Å². The van der Waals surface area contributed by atoms with E-state index >= 15 is 0 Å². The van der Waals surface area contributed by atoms with Crippen molar-refractivity contribution >= 4 is 11.6 Å². The fraction of sp³-hybridized carbons (Fsp3) is 0.381. The van der Waals surface area contributed by atoms with Gasteiger partial charge in [-0.05, 0) is 42.7 Å². The van der Waals surface area contributed by atoms with Gasteiger partial charge in [-0.3, -0.25) is 4.79 Å². The molecule has 4 rings (SSSR count). The zero-order valence-electron chi connectivity index (χ0n) is 15.0. The van der Waals surface area contributed by atoms with E-state index in [0.29, 0.717) is 13.1 Å². The minimum absolute atomic E-state index is 0.189. The van der Waals surface area contributed by atoms with Crippen molar-refractivity contribution in [2.24, 2.45) is 0 Å². The van der Waals surface area contributed by atoms with Crippen LogP contribution in [-0.4, -0.2) is 44.1 Å². The first-order valence-electron chi connectivity index (χ1n) is 9.07. The number of anilines is 1. The number of piperazine rings is 1. The van der Waals surface area contributed by atoms with E-state index in [2.05, 4.69) is 11.0 Å². The Kier molecular flexibility index (Phi) is 4.31. The predicted octanol–water partition coefficient (Wildman–Crippen LogP) is 3.21. The molecule has 0 unspecified atom stereocenters. The second kappa shape index (κ2) is 6.63. The van der Waals surface area contributed by atoms with Crippen molar-refractivity contribution in [2.75, 3.05) is 38.2 Å². The molecule has 0 spiro atoms. The molecule has 1 saturated carbocycles. The largest absolute Gasteiger partial charge is 0.497 e. The minimum atomic E-state index is -0.425. The van der Waals surface area contributed by atoms with Crippen molar-refractivity contribution < 1.29 is 13.9 Å². The van der Waals surface area contributed by atoms with E-state index in [-0.39, 0.29) is 11.7 Å². The van der Waals surface area contributed by atoms with Gasteiger partial charge in [0.1, 0.15) is 11.6 Å².